The topological polar surface area (TPSA) is 70.8 Å². The van der Waals surface area contributed by atoms with Crippen molar-refractivity contribution < 1.29 is 4.74 Å². The Kier molecular flexibility index (Phi) is 4.01. The van der Waals surface area contributed by atoms with Crippen molar-refractivity contribution in [2.45, 2.75) is 45.3 Å². The van der Waals surface area contributed by atoms with E-state index in [4.69, 9.17) is 10.00 Å². The van der Waals surface area contributed by atoms with Crippen LogP contribution in [0, 0.1) is 16.7 Å². The average Bonchev–Trinajstić information content (AvgIpc) is 2.45. The van der Waals surface area contributed by atoms with E-state index in [9.17, 15) is 0 Å². The molecule has 0 saturated heterocycles. The molecule has 0 spiro atoms. The fourth-order valence-corrected chi connectivity index (χ4v) is 3.13. The van der Waals surface area contributed by atoms with Gasteiger partial charge in [-0.25, -0.2) is 0 Å². The van der Waals surface area contributed by atoms with Crippen molar-refractivity contribution in [1.82, 2.24) is 10.2 Å². The predicted octanol–water partition coefficient (Wildman–Crippen LogP) is 2.35. The van der Waals surface area contributed by atoms with E-state index < -0.39 is 0 Å². The van der Waals surface area contributed by atoms with Crippen molar-refractivity contribution in [2.24, 2.45) is 5.41 Å². The summed E-state index contributed by atoms with van der Waals surface area (Å²) in [6, 6.07) is 5.81. The van der Waals surface area contributed by atoms with Gasteiger partial charge in [0.2, 0.25) is 0 Å². The first kappa shape index (κ1) is 13.8. The maximum absolute atomic E-state index is 8.70. The number of nitriles is 1. The summed E-state index contributed by atoms with van der Waals surface area (Å²) in [5, 5.41) is 20.0. The van der Waals surface area contributed by atoms with Crippen LogP contribution in [0.2, 0.25) is 0 Å². The second-order valence-electron chi connectivity index (χ2n) is 5.01. The van der Waals surface area contributed by atoms with E-state index in [1.165, 1.54) is 0 Å². The second-order valence-corrected chi connectivity index (χ2v) is 5.01. The Labute approximate surface area is 114 Å². The molecule has 1 aliphatic carbocycles. The van der Waals surface area contributed by atoms with E-state index >= 15 is 0 Å². The average molecular weight is 260 g/mol. The SMILES string of the molecule is CCC1(CC)C(Nc2ccc(C#N)nn2)CC1OC. The molecule has 1 fully saturated rings. The van der Waals surface area contributed by atoms with Gasteiger partial charge in [-0.3, -0.25) is 0 Å². The van der Waals surface area contributed by atoms with Gasteiger partial charge in [0.05, 0.1) is 6.10 Å². The summed E-state index contributed by atoms with van der Waals surface area (Å²) in [7, 11) is 1.78. The number of nitrogens with one attached hydrogen (secondary N) is 1. The highest BCUT2D eigenvalue weighted by atomic mass is 16.5. The zero-order valence-electron chi connectivity index (χ0n) is 11.7. The third-order valence-electron chi connectivity index (χ3n) is 4.49. The number of ether oxygens (including phenoxy) is 1. The lowest BCUT2D eigenvalue weighted by Crippen LogP contribution is -2.60. The van der Waals surface area contributed by atoms with Gasteiger partial charge in [-0.1, -0.05) is 13.8 Å². The number of nitrogens with zero attached hydrogens (tertiary/aromatic N) is 3. The van der Waals surface area contributed by atoms with Gasteiger partial charge in [-0.15, -0.1) is 10.2 Å². The Morgan fingerprint density at radius 3 is 2.63 bits per heavy atom. The molecule has 0 aliphatic heterocycles. The van der Waals surface area contributed by atoms with Crippen LogP contribution in [0.1, 0.15) is 38.8 Å². The van der Waals surface area contributed by atoms with Crippen molar-refractivity contribution >= 4 is 5.82 Å². The van der Waals surface area contributed by atoms with Crippen LogP contribution >= 0.6 is 0 Å². The molecule has 1 aromatic rings. The van der Waals surface area contributed by atoms with Gasteiger partial charge < -0.3 is 10.1 Å². The molecule has 102 valence electrons. The number of hydrogen-bond donors (Lipinski definition) is 1. The molecule has 1 saturated carbocycles. The van der Waals surface area contributed by atoms with Gasteiger partial charge in [0, 0.05) is 18.6 Å². The highest BCUT2D eigenvalue weighted by Crippen LogP contribution is 2.49. The molecule has 0 radical (unpaired) electrons. The first-order chi connectivity index (χ1) is 9.20. The van der Waals surface area contributed by atoms with E-state index in [-0.39, 0.29) is 5.41 Å². The maximum atomic E-state index is 8.70. The van der Waals surface area contributed by atoms with Crippen molar-refractivity contribution in [1.29, 1.82) is 5.26 Å². The highest BCUT2D eigenvalue weighted by molar-refractivity contribution is 5.38. The molecule has 1 heterocycles. The molecule has 1 aromatic heterocycles. The summed E-state index contributed by atoms with van der Waals surface area (Å²) in [6.07, 6.45) is 3.44. The summed E-state index contributed by atoms with van der Waals surface area (Å²) in [5.41, 5.74) is 0.510. The molecule has 19 heavy (non-hydrogen) atoms. The van der Waals surface area contributed by atoms with Crippen LogP contribution in [-0.2, 0) is 4.74 Å². The lowest BCUT2D eigenvalue weighted by atomic mass is 9.58. The summed E-state index contributed by atoms with van der Waals surface area (Å²) in [4.78, 5) is 0. The summed E-state index contributed by atoms with van der Waals surface area (Å²) < 4.78 is 5.57. The van der Waals surface area contributed by atoms with Gasteiger partial charge >= 0.3 is 0 Å². The van der Waals surface area contributed by atoms with E-state index in [0.717, 1.165) is 25.1 Å². The molecular weight excluding hydrogens is 240 g/mol. The van der Waals surface area contributed by atoms with E-state index in [1.807, 2.05) is 12.1 Å². The fraction of sp³-hybridized carbons (Fsp3) is 0.643. The monoisotopic (exact) mass is 260 g/mol. The Hall–Kier alpha value is -1.67. The summed E-state index contributed by atoms with van der Waals surface area (Å²) >= 11 is 0. The van der Waals surface area contributed by atoms with Gasteiger partial charge in [-0.05, 0) is 31.4 Å². The van der Waals surface area contributed by atoms with Gasteiger partial charge in [0.25, 0.3) is 0 Å². The summed E-state index contributed by atoms with van der Waals surface area (Å²) in [5.74, 6) is 0.727. The molecule has 0 aromatic carbocycles. The molecule has 2 rings (SSSR count). The molecule has 0 amide bonds. The van der Waals surface area contributed by atoms with E-state index in [1.54, 1.807) is 13.2 Å². The molecule has 5 heteroatoms. The van der Waals surface area contributed by atoms with Crippen LogP contribution in [0.25, 0.3) is 0 Å². The smallest absolute Gasteiger partial charge is 0.163 e. The Balaban J connectivity index is 2.09. The van der Waals surface area contributed by atoms with Gasteiger partial charge in [-0.2, -0.15) is 5.26 Å². The van der Waals surface area contributed by atoms with Gasteiger partial charge in [0.1, 0.15) is 11.9 Å². The molecule has 0 bridgehead atoms. The third-order valence-corrected chi connectivity index (χ3v) is 4.49. The Morgan fingerprint density at radius 2 is 2.16 bits per heavy atom. The van der Waals surface area contributed by atoms with E-state index in [0.29, 0.717) is 17.8 Å². The number of hydrogen-bond acceptors (Lipinski definition) is 5. The van der Waals surface area contributed by atoms with Crippen molar-refractivity contribution in [3.05, 3.63) is 17.8 Å². The van der Waals surface area contributed by atoms with Crippen LogP contribution in [0.5, 0.6) is 0 Å². The van der Waals surface area contributed by atoms with Crippen LogP contribution in [0.3, 0.4) is 0 Å². The van der Waals surface area contributed by atoms with Gasteiger partial charge in [0.15, 0.2) is 5.69 Å². The van der Waals surface area contributed by atoms with Crippen LogP contribution in [-0.4, -0.2) is 29.5 Å². The number of methoxy groups -OCH3 is 1. The lowest BCUT2D eigenvalue weighted by Gasteiger charge is -2.55. The van der Waals surface area contributed by atoms with Crippen LogP contribution in [0.4, 0.5) is 5.82 Å². The van der Waals surface area contributed by atoms with Crippen molar-refractivity contribution in [2.75, 3.05) is 12.4 Å². The number of rotatable bonds is 5. The Morgan fingerprint density at radius 1 is 1.42 bits per heavy atom. The van der Waals surface area contributed by atoms with Crippen LogP contribution < -0.4 is 5.32 Å². The first-order valence-corrected chi connectivity index (χ1v) is 6.73. The normalized spacial score (nSPS) is 24.3. The Bertz CT molecular complexity index is 461. The molecule has 5 nitrogen and oxygen atoms in total. The molecule has 1 N–H and O–H groups in total. The van der Waals surface area contributed by atoms with E-state index in [2.05, 4.69) is 29.4 Å². The summed E-state index contributed by atoms with van der Waals surface area (Å²) in [6.45, 7) is 4.40. The first-order valence-electron chi connectivity index (χ1n) is 6.73. The predicted molar refractivity (Wildman–Crippen MR) is 72.6 cm³/mol. The van der Waals surface area contributed by atoms with Crippen LogP contribution in [0.15, 0.2) is 12.1 Å². The maximum Gasteiger partial charge on any atom is 0.163 e. The zero-order valence-corrected chi connectivity index (χ0v) is 11.7. The molecule has 2 atom stereocenters. The number of anilines is 1. The zero-order chi connectivity index (χ0) is 13.9. The number of aromatic nitrogens is 2. The highest BCUT2D eigenvalue weighted by Gasteiger charge is 2.53. The fourth-order valence-electron chi connectivity index (χ4n) is 3.13. The standard InChI is InChI=1S/C14H20N4O/c1-4-14(5-2)11(8-12(14)19-3)16-13-7-6-10(9-15)17-18-13/h6-7,11-12H,4-5,8H2,1-3H3,(H,16,18). The lowest BCUT2D eigenvalue weighted by molar-refractivity contribution is -0.106. The van der Waals surface area contributed by atoms with Crippen molar-refractivity contribution in [3.8, 4) is 6.07 Å². The quantitative estimate of drug-likeness (QED) is 0.880. The molecule has 2 unspecified atom stereocenters. The largest absolute Gasteiger partial charge is 0.381 e. The minimum atomic E-state index is 0.171. The minimum absolute atomic E-state index is 0.171. The molecular formula is C14H20N4O. The van der Waals surface area contributed by atoms with Crippen molar-refractivity contribution in [3.63, 3.8) is 0 Å². The minimum Gasteiger partial charge on any atom is -0.381 e. The second kappa shape index (κ2) is 5.54. The third kappa shape index (κ3) is 2.28. The molecule has 1 aliphatic rings.